The number of aromatic nitrogens is 4. The summed E-state index contributed by atoms with van der Waals surface area (Å²) in [5.74, 6) is 0.160. The first-order valence-electron chi connectivity index (χ1n) is 7.20. The number of nitrogens with zero attached hydrogens (tertiary/aromatic N) is 4. The van der Waals surface area contributed by atoms with Crippen LogP contribution in [0.4, 0.5) is 0 Å². The zero-order valence-corrected chi connectivity index (χ0v) is 15.8. The van der Waals surface area contributed by atoms with Crippen molar-refractivity contribution in [2.24, 2.45) is 0 Å². The van der Waals surface area contributed by atoms with Crippen molar-refractivity contribution in [3.63, 3.8) is 0 Å². The summed E-state index contributed by atoms with van der Waals surface area (Å²) in [4.78, 5) is 16.2. The van der Waals surface area contributed by atoms with Gasteiger partial charge in [-0.15, -0.1) is 0 Å². The molecule has 0 aliphatic rings. The first-order chi connectivity index (χ1) is 11.5. The zero-order valence-electron chi connectivity index (χ0n) is 13.4. The van der Waals surface area contributed by atoms with Crippen LogP contribution in [0.15, 0.2) is 28.7 Å². The zero-order chi connectivity index (χ0) is 17.3. The average Bonchev–Trinajstić information content (AvgIpc) is 3.13. The molecule has 6 nitrogen and oxygen atoms in total. The van der Waals surface area contributed by atoms with Crippen LogP contribution in [-0.2, 0) is 16.1 Å². The van der Waals surface area contributed by atoms with Crippen LogP contribution in [0.25, 0.3) is 22.1 Å². The standard InChI is InChI=1S/C16H15BrN4O2S/c1-9-5-4-6-11(7-9)16-18-15(20-24-16)14-13(17)10(2)19-21(14)8-12(22)23-3/h4-7H,8H2,1-3H3. The van der Waals surface area contributed by atoms with E-state index in [4.69, 9.17) is 4.74 Å². The minimum Gasteiger partial charge on any atom is -0.468 e. The lowest BCUT2D eigenvalue weighted by atomic mass is 10.1. The summed E-state index contributed by atoms with van der Waals surface area (Å²) in [5, 5.41) is 5.19. The van der Waals surface area contributed by atoms with Crippen LogP contribution in [0.2, 0.25) is 0 Å². The third-order valence-corrected chi connectivity index (χ3v) is 5.18. The maximum absolute atomic E-state index is 11.6. The second-order valence-electron chi connectivity index (χ2n) is 5.27. The van der Waals surface area contributed by atoms with Crippen molar-refractivity contribution >= 4 is 33.4 Å². The highest BCUT2D eigenvalue weighted by Crippen LogP contribution is 2.32. The molecule has 0 saturated carbocycles. The Morgan fingerprint density at radius 1 is 1.38 bits per heavy atom. The van der Waals surface area contributed by atoms with Gasteiger partial charge in [0.25, 0.3) is 0 Å². The van der Waals surface area contributed by atoms with Gasteiger partial charge >= 0.3 is 5.97 Å². The topological polar surface area (TPSA) is 69.9 Å². The summed E-state index contributed by atoms with van der Waals surface area (Å²) in [5.41, 5.74) is 3.62. The molecule has 0 bridgehead atoms. The van der Waals surface area contributed by atoms with Crippen molar-refractivity contribution in [2.45, 2.75) is 20.4 Å². The van der Waals surface area contributed by atoms with Crippen LogP contribution in [0.5, 0.6) is 0 Å². The van der Waals surface area contributed by atoms with Crippen LogP contribution >= 0.6 is 27.5 Å². The van der Waals surface area contributed by atoms with Crippen molar-refractivity contribution < 1.29 is 9.53 Å². The number of carbonyl (C=O) groups is 1. The Bertz CT molecular complexity index is 903. The molecule has 0 atom stereocenters. The van der Waals surface area contributed by atoms with Gasteiger partial charge in [0.1, 0.15) is 17.2 Å². The van der Waals surface area contributed by atoms with E-state index < -0.39 is 0 Å². The molecule has 2 heterocycles. The quantitative estimate of drug-likeness (QED) is 0.618. The summed E-state index contributed by atoms with van der Waals surface area (Å²) in [6, 6.07) is 8.10. The Morgan fingerprint density at radius 2 is 2.17 bits per heavy atom. The van der Waals surface area contributed by atoms with E-state index in [0.717, 1.165) is 26.3 Å². The first-order valence-corrected chi connectivity index (χ1v) is 8.77. The number of hydrogen-bond acceptors (Lipinski definition) is 6. The highest BCUT2D eigenvalue weighted by Gasteiger charge is 2.21. The molecule has 0 radical (unpaired) electrons. The van der Waals surface area contributed by atoms with E-state index >= 15 is 0 Å². The average molecular weight is 407 g/mol. The van der Waals surface area contributed by atoms with E-state index in [1.165, 1.54) is 18.6 Å². The van der Waals surface area contributed by atoms with E-state index in [-0.39, 0.29) is 12.5 Å². The largest absolute Gasteiger partial charge is 0.468 e. The van der Waals surface area contributed by atoms with E-state index in [9.17, 15) is 4.79 Å². The van der Waals surface area contributed by atoms with E-state index in [1.807, 2.05) is 32.0 Å². The summed E-state index contributed by atoms with van der Waals surface area (Å²) in [7, 11) is 1.35. The molecule has 0 fully saturated rings. The Kier molecular flexibility index (Phi) is 4.77. The lowest BCUT2D eigenvalue weighted by Crippen LogP contribution is -2.14. The molecule has 8 heteroatoms. The van der Waals surface area contributed by atoms with Gasteiger partial charge in [0.2, 0.25) is 0 Å². The Labute approximate surface area is 151 Å². The molecule has 24 heavy (non-hydrogen) atoms. The number of carbonyl (C=O) groups excluding carboxylic acids is 1. The van der Waals surface area contributed by atoms with Gasteiger partial charge in [-0.2, -0.15) is 9.47 Å². The van der Waals surface area contributed by atoms with Gasteiger partial charge in [0, 0.05) is 5.56 Å². The molecular weight excluding hydrogens is 392 g/mol. The Balaban J connectivity index is 2.02. The predicted octanol–water partition coefficient (Wildman–Crippen LogP) is 3.62. The Hall–Kier alpha value is -2.06. The van der Waals surface area contributed by atoms with Crippen molar-refractivity contribution in [2.75, 3.05) is 7.11 Å². The monoisotopic (exact) mass is 406 g/mol. The number of benzene rings is 1. The Morgan fingerprint density at radius 3 is 2.88 bits per heavy atom. The lowest BCUT2D eigenvalue weighted by molar-refractivity contribution is -0.141. The molecule has 0 aliphatic heterocycles. The number of aryl methyl sites for hydroxylation is 2. The summed E-state index contributed by atoms with van der Waals surface area (Å²) in [6.45, 7) is 3.91. The predicted molar refractivity (Wildman–Crippen MR) is 95.8 cm³/mol. The number of rotatable bonds is 4. The summed E-state index contributed by atoms with van der Waals surface area (Å²) >= 11 is 4.83. The first kappa shape index (κ1) is 16.8. The third kappa shape index (κ3) is 3.25. The molecule has 2 aromatic heterocycles. The normalized spacial score (nSPS) is 10.8. The SMILES string of the molecule is COC(=O)Cn1nc(C)c(Br)c1-c1nsc(-c2cccc(C)c2)n1. The molecule has 1 aromatic carbocycles. The van der Waals surface area contributed by atoms with Crippen molar-refractivity contribution in [1.29, 1.82) is 0 Å². The minimum absolute atomic E-state index is 0.0112. The molecule has 0 aliphatic carbocycles. The summed E-state index contributed by atoms with van der Waals surface area (Å²) in [6.07, 6.45) is 0. The van der Waals surface area contributed by atoms with Crippen LogP contribution < -0.4 is 0 Å². The highest BCUT2D eigenvalue weighted by molar-refractivity contribution is 9.10. The van der Waals surface area contributed by atoms with E-state index in [1.54, 1.807) is 4.68 Å². The molecule has 3 rings (SSSR count). The van der Waals surface area contributed by atoms with Crippen LogP contribution in [-0.4, -0.2) is 32.2 Å². The number of hydrogen-bond donors (Lipinski definition) is 0. The second-order valence-corrected chi connectivity index (χ2v) is 6.82. The molecule has 0 saturated heterocycles. The molecule has 0 unspecified atom stereocenters. The van der Waals surface area contributed by atoms with Crippen LogP contribution in [0, 0.1) is 13.8 Å². The summed E-state index contributed by atoms with van der Waals surface area (Å²) < 4.78 is 11.5. The van der Waals surface area contributed by atoms with Gasteiger partial charge < -0.3 is 4.74 Å². The smallest absolute Gasteiger partial charge is 0.327 e. The van der Waals surface area contributed by atoms with Gasteiger partial charge in [-0.05, 0) is 47.4 Å². The van der Waals surface area contributed by atoms with Crippen molar-refractivity contribution in [3.8, 4) is 22.1 Å². The minimum atomic E-state index is -0.375. The number of ether oxygens (including phenoxy) is 1. The molecule has 0 amide bonds. The van der Waals surface area contributed by atoms with Gasteiger partial charge in [-0.1, -0.05) is 23.8 Å². The van der Waals surface area contributed by atoms with Gasteiger partial charge in [-0.3, -0.25) is 4.79 Å². The second kappa shape index (κ2) is 6.82. The maximum atomic E-state index is 11.6. The third-order valence-electron chi connectivity index (χ3n) is 3.46. The fourth-order valence-corrected chi connectivity index (χ4v) is 3.41. The molecule has 0 spiro atoms. The van der Waals surface area contributed by atoms with Gasteiger partial charge in [0.15, 0.2) is 5.82 Å². The number of esters is 1. The lowest BCUT2D eigenvalue weighted by Gasteiger charge is -2.03. The maximum Gasteiger partial charge on any atom is 0.327 e. The molecule has 3 aromatic rings. The van der Waals surface area contributed by atoms with E-state index in [2.05, 4.69) is 36.5 Å². The molecular formula is C16H15BrN4O2S. The number of methoxy groups -OCH3 is 1. The van der Waals surface area contributed by atoms with Crippen molar-refractivity contribution in [1.82, 2.24) is 19.1 Å². The highest BCUT2D eigenvalue weighted by atomic mass is 79.9. The van der Waals surface area contributed by atoms with Gasteiger partial charge in [0.05, 0.1) is 17.3 Å². The molecule has 124 valence electrons. The fraction of sp³-hybridized carbons (Fsp3) is 0.250. The number of halogens is 1. The van der Waals surface area contributed by atoms with Crippen molar-refractivity contribution in [3.05, 3.63) is 40.0 Å². The van der Waals surface area contributed by atoms with E-state index in [0.29, 0.717) is 11.5 Å². The molecule has 0 N–H and O–H groups in total. The van der Waals surface area contributed by atoms with Gasteiger partial charge in [-0.25, -0.2) is 9.67 Å². The fourth-order valence-electron chi connectivity index (χ4n) is 2.29. The van der Waals surface area contributed by atoms with Crippen LogP contribution in [0.1, 0.15) is 11.3 Å². The van der Waals surface area contributed by atoms with Crippen LogP contribution in [0.3, 0.4) is 0 Å².